The molecule has 18 heavy (non-hydrogen) atoms. The fourth-order valence-electron chi connectivity index (χ4n) is 2.45. The highest BCUT2D eigenvalue weighted by molar-refractivity contribution is 5.97. The highest BCUT2D eigenvalue weighted by atomic mass is 35.5. The quantitative estimate of drug-likeness (QED) is 0.769. The maximum Gasteiger partial charge on any atom is 0.258 e. The molecule has 0 radical (unpaired) electrons. The van der Waals surface area contributed by atoms with Crippen LogP contribution in [0, 0.1) is 6.92 Å². The third-order valence-electron chi connectivity index (χ3n) is 3.41. The van der Waals surface area contributed by atoms with E-state index in [0.29, 0.717) is 12.2 Å². The van der Waals surface area contributed by atoms with Crippen molar-refractivity contribution in [1.82, 2.24) is 10.2 Å². The Hall–Kier alpha value is -1.26. The van der Waals surface area contributed by atoms with Gasteiger partial charge in [0.05, 0.1) is 11.6 Å². The van der Waals surface area contributed by atoms with Gasteiger partial charge in [0.15, 0.2) is 0 Å². The third-order valence-corrected chi connectivity index (χ3v) is 3.41. The molecule has 1 aromatic carbocycles. The number of ether oxygens (including phenoxy) is 1. The van der Waals surface area contributed by atoms with Gasteiger partial charge in [-0.3, -0.25) is 4.79 Å². The van der Waals surface area contributed by atoms with E-state index in [1.807, 2.05) is 30.0 Å². The Morgan fingerprint density at radius 2 is 2.28 bits per heavy atom. The van der Waals surface area contributed by atoms with Crippen LogP contribution in [0.3, 0.4) is 0 Å². The molecule has 1 atom stereocenters. The number of nitrogens with one attached hydrogen (secondary N) is 1. The highest BCUT2D eigenvalue weighted by Crippen LogP contribution is 2.26. The number of hydrogen-bond acceptors (Lipinski definition) is 3. The fraction of sp³-hybridized carbons (Fsp3) is 0.462. The third kappa shape index (κ3) is 2.18. The smallest absolute Gasteiger partial charge is 0.258 e. The number of fused-ring (bicyclic) bond motifs is 2. The summed E-state index contributed by atoms with van der Waals surface area (Å²) >= 11 is 0. The number of piperazine rings is 1. The predicted molar refractivity (Wildman–Crippen MR) is 71.6 cm³/mol. The topological polar surface area (TPSA) is 41.6 Å². The largest absolute Gasteiger partial charge is 0.491 e. The minimum absolute atomic E-state index is 0. The summed E-state index contributed by atoms with van der Waals surface area (Å²) in [4.78, 5) is 14.4. The van der Waals surface area contributed by atoms with Crippen molar-refractivity contribution < 1.29 is 9.53 Å². The lowest BCUT2D eigenvalue weighted by Crippen LogP contribution is -2.54. The first kappa shape index (κ1) is 13.2. The van der Waals surface area contributed by atoms with Crippen LogP contribution in [0.4, 0.5) is 0 Å². The standard InChI is InChI=1S/C13H16N2O2.ClH/c1-9-2-3-12-11(6-9)13(16)15-5-4-14-7-10(15)8-17-12;/h2-3,6,10,14H,4-5,7-8H2,1H3;1H. The second-order valence-electron chi connectivity index (χ2n) is 4.67. The van der Waals surface area contributed by atoms with Crippen molar-refractivity contribution in [2.45, 2.75) is 13.0 Å². The lowest BCUT2D eigenvalue weighted by atomic mass is 10.1. The van der Waals surface area contributed by atoms with Crippen LogP contribution in [-0.2, 0) is 0 Å². The zero-order chi connectivity index (χ0) is 11.8. The summed E-state index contributed by atoms with van der Waals surface area (Å²) in [6, 6.07) is 5.95. The molecule has 1 saturated heterocycles. The Labute approximate surface area is 113 Å². The first-order chi connectivity index (χ1) is 8.25. The van der Waals surface area contributed by atoms with E-state index in [2.05, 4.69) is 5.32 Å². The van der Waals surface area contributed by atoms with E-state index in [0.717, 1.165) is 30.9 Å². The van der Waals surface area contributed by atoms with E-state index >= 15 is 0 Å². The van der Waals surface area contributed by atoms with E-state index in [1.54, 1.807) is 0 Å². The predicted octanol–water partition coefficient (Wildman–Crippen LogP) is 1.22. The Morgan fingerprint density at radius 3 is 3.11 bits per heavy atom. The first-order valence-electron chi connectivity index (χ1n) is 6.01. The van der Waals surface area contributed by atoms with Crippen LogP contribution in [-0.4, -0.2) is 43.1 Å². The molecule has 0 bridgehead atoms. The summed E-state index contributed by atoms with van der Waals surface area (Å²) in [5.74, 6) is 0.822. The molecule has 0 aromatic heterocycles. The summed E-state index contributed by atoms with van der Waals surface area (Å²) in [6.07, 6.45) is 0. The molecule has 1 unspecified atom stereocenters. The summed E-state index contributed by atoms with van der Waals surface area (Å²) in [5, 5.41) is 3.30. The van der Waals surface area contributed by atoms with Gasteiger partial charge in [0.25, 0.3) is 5.91 Å². The van der Waals surface area contributed by atoms with Gasteiger partial charge in [-0.05, 0) is 19.1 Å². The van der Waals surface area contributed by atoms with E-state index in [9.17, 15) is 4.79 Å². The van der Waals surface area contributed by atoms with E-state index in [4.69, 9.17) is 4.74 Å². The van der Waals surface area contributed by atoms with Crippen LogP contribution in [0.5, 0.6) is 5.75 Å². The number of benzene rings is 1. The number of halogens is 1. The monoisotopic (exact) mass is 268 g/mol. The molecule has 0 aliphatic carbocycles. The van der Waals surface area contributed by atoms with Crippen molar-refractivity contribution >= 4 is 18.3 Å². The van der Waals surface area contributed by atoms with Gasteiger partial charge in [-0.1, -0.05) is 11.6 Å². The number of carbonyl (C=O) groups excluding carboxylic acids is 1. The lowest BCUT2D eigenvalue weighted by Gasteiger charge is -2.33. The average molecular weight is 269 g/mol. The second-order valence-corrected chi connectivity index (χ2v) is 4.67. The summed E-state index contributed by atoms with van der Waals surface area (Å²) in [6.45, 7) is 5.02. The number of amides is 1. The van der Waals surface area contributed by atoms with Crippen LogP contribution in [0.25, 0.3) is 0 Å². The zero-order valence-corrected chi connectivity index (χ0v) is 11.1. The SMILES string of the molecule is Cc1ccc2c(c1)C(=O)N1CCNCC1CO2.Cl. The zero-order valence-electron chi connectivity index (χ0n) is 10.3. The Balaban J connectivity index is 0.00000120. The molecule has 4 nitrogen and oxygen atoms in total. The van der Waals surface area contributed by atoms with E-state index < -0.39 is 0 Å². The molecule has 1 N–H and O–H groups in total. The molecular weight excluding hydrogens is 252 g/mol. The fourth-order valence-corrected chi connectivity index (χ4v) is 2.45. The van der Waals surface area contributed by atoms with Crippen LogP contribution in [0.15, 0.2) is 18.2 Å². The van der Waals surface area contributed by atoms with Gasteiger partial charge < -0.3 is 15.0 Å². The molecule has 1 amide bonds. The van der Waals surface area contributed by atoms with Crippen molar-refractivity contribution in [3.8, 4) is 5.75 Å². The number of hydrogen-bond donors (Lipinski definition) is 1. The van der Waals surface area contributed by atoms with Gasteiger partial charge in [-0.2, -0.15) is 0 Å². The second kappa shape index (κ2) is 5.16. The number of rotatable bonds is 0. The Morgan fingerprint density at radius 1 is 1.44 bits per heavy atom. The van der Waals surface area contributed by atoms with Crippen LogP contribution in [0.2, 0.25) is 0 Å². The van der Waals surface area contributed by atoms with Gasteiger partial charge in [0.2, 0.25) is 0 Å². The summed E-state index contributed by atoms with van der Waals surface area (Å²) in [7, 11) is 0. The van der Waals surface area contributed by atoms with Gasteiger partial charge in [0.1, 0.15) is 12.4 Å². The van der Waals surface area contributed by atoms with E-state index in [1.165, 1.54) is 0 Å². The Kier molecular flexibility index (Phi) is 3.78. The lowest BCUT2D eigenvalue weighted by molar-refractivity contribution is 0.0606. The van der Waals surface area contributed by atoms with Crippen LogP contribution in [0.1, 0.15) is 15.9 Å². The highest BCUT2D eigenvalue weighted by Gasteiger charge is 2.32. The van der Waals surface area contributed by atoms with Gasteiger partial charge in [-0.15, -0.1) is 12.4 Å². The summed E-state index contributed by atoms with van der Waals surface area (Å²) in [5.41, 5.74) is 1.80. The molecule has 5 heteroatoms. The molecule has 2 aliphatic heterocycles. The van der Waals surface area contributed by atoms with Crippen LogP contribution < -0.4 is 10.1 Å². The van der Waals surface area contributed by atoms with Crippen molar-refractivity contribution in [2.24, 2.45) is 0 Å². The molecule has 1 fully saturated rings. The molecule has 1 aromatic rings. The molecule has 0 spiro atoms. The molecule has 2 aliphatic rings. The molecule has 2 heterocycles. The molecule has 98 valence electrons. The van der Waals surface area contributed by atoms with Gasteiger partial charge >= 0.3 is 0 Å². The minimum Gasteiger partial charge on any atom is -0.491 e. The van der Waals surface area contributed by atoms with Crippen LogP contribution >= 0.6 is 12.4 Å². The van der Waals surface area contributed by atoms with Crippen molar-refractivity contribution in [2.75, 3.05) is 26.2 Å². The number of carbonyl (C=O) groups is 1. The van der Waals surface area contributed by atoms with Crippen molar-refractivity contribution in [1.29, 1.82) is 0 Å². The van der Waals surface area contributed by atoms with Gasteiger partial charge in [-0.25, -0.2) is 0 Å². The molecular formula is C13H17ClN2O2. The first-order valence-corrected chi connectivity index (χ1v) is 6.01. The number of aryl methyl sites for hydroxylation is 1. The minimum atomic E-state index is 0. The van der Waals surface area contributed by atoms with E-state index in [-0.39, 0.29) is 24.4 Å². The van der Waals surface area contributed by atoms with Crippen molar-refractivity contribution in [3.63, 3.8) is 0 Å². The summed E-state index contributed by atoms with van der Waals surface area (Å²) < 4.78 is 5.74. The maximum absolute atomic E-state index is 12.4. The van der Waals surface area contributed by atoms with Crippen molar-refractivity contribution in [3.05, 3.63) is 29.3 Å². The normalized spacial score (nSPS) is 22.2. The maximum atomic E-state index is 12.4. The molecule has 3 rings (SSSR count). The average Bonchev–Trinajstić information content (AvgIpc) is 2.49. The van der Waals surface area contributed by atoms with Gasteiger partial charge in [0, 0.05) is 19.6 Å². The Bertz CT molecular complexity index is 464. The molecule has 0 saturated carbocycles. The number of nitrogens with zero attached hydrogens (tertiary/aromatic N) is 1.